The first kappa shape index (κ1) is 22.8. The minimum atomic E-state index is -0.334. The number of ether oxygens (including phenoxy) is 4. The number of halogens is 2. The molecule has 2 bridgehead atoms. The predicted molar refractivity (Wildman–Crippen MR) is 129 cm³/mol. The maximum atomic E-state index is 14.8. The average molecular weight is 500 g/mol. The van der Waals surface area contributed by atoms with Crippen LogP contribution in [-0.4, -0.2) is 41.6 Å². The minimum Gasteiger partial charge on any atom is -0.481 e. The van der Waals surface area contributed by atoms with Crippen molar-refractivity contribution < 1.29 is 23.3 Å². The van der Waals surface area contributed by atoms with Crippen molar-refractivity contribution in [2.45, 2.75) is 56.2 Å². The van der Waals surface area contributed by atoms with Crippen molar-refractivity contribution >= 4 is 22.6 Å². The molecule has 1 aliphatic carbocycles. The molecule has 0 spiro atoms. The van der Waals surface area contributed by atoms with Gasteiger partial charge in [-0.2, -0.15) is 0 Å². The summed E-state index contributed by atoms with van der Waals surface area (Å²) in [5.74, 6) is 1.43. The molecule has 5 heterocycles. The van der Waals surface area contributed by atoms with Gasteiger partial charge in [0.05, 0.1) is 41.6 Å². The van der Waals surface area contributed by atoms with Gasteiger partial charge in [-0.25, -0.2) is 9.37 Å². The van der Waals surface area contributed by atoms with E-state index < -0.39 is 0 Å². The number of rotatable bonds is 7. The Bertz CT molecular complexity index is 1260. The Morgan fingerprint density at radius 1 is 1.17 bits per heavy atom. The third kappa shape index (κ3) is 4.17. The molecule has 4 aliphatic rings. The number of methoxy groups -OCH3 is 1. The average Bonchev–Trinajstić information content (AvgIpc) is 3.37. The second kappa shape index (κ2) is 8.76. The quantitative estimate of drug-likeness (QED) is 0.492. The summed E-state index contributed by atoms with van der Waals surface area (Å²) in [7, 11) is 1.55. The van der Waals surface area contributed by atoms with E-state index in [1.165, 1.54) is 6.20 Å². The van der Waals surface area contributed by atoms with Gasteiger partial charge >= 0.3 is 0 Å². The highest BCUT2D eigenvalue weighted by molar-refractivity contribution is 6.32. The third-order valence-corrected chi connectivity index (χ3v) is 7.99. The normalized spacial score (nSPS) is 24.8. The largest absolute Gasteiger partial charge is 0.481 e. The Morgan fingerprint density at radius 3 is 2.80 bits per heavy atom. The summed E-state index contributed by atoms with van der Waals surface area (Å²) >= 11 is 6.34. The van der Waals surface area contributed by atoms with E-state index in [0.717, 1.165) is 37.7 Å². The molecule has 3 fully saturated rings. The predicted octanol–water partition coefficient (Wildman–Crippen LogP) is 4.96. The van der Waals surface area contributed by atoms with Crippen LogP contribution in [0.1, 0.15) is 43.2 Å². The van der Waals surface area contributed by atoms with E-state index in [1.54, 1.807) is 13.2 Å². The molecule has 184 valence electrons. The summed E-state index contributed by atoms with van der Waals surface area (Å²) in [6, 6.07) is 7.45. The highest BCUT2D eigenvalue weighted by atomic mass is 35.5. The fraction of sp³-hybridized carbons (Fsp3) is 0.462. The number of nitrogens with one attached hydrogen (secondary N) is 1. The van der Waals surface area contributed by atoms with E-state index in [9.17, 15) is 4.39 Å². The Kier molecular flexibility index (Phi) is 5.70. The Morgan fingerprint density at radius 2 is 2.03 bits per heavy atom. The van der Waals surface area contributed by atoms with Crippen molar-refractivity contribution in [3.05, 3.63) is 52.4 Å². The van der Waals surface area contributed by atoms with Crippen molar-refractivity contribution in [2.75, 3.05) is 20.5 Å². The molecule has 0 unspecified atom stereocenters. The van der Waals surface area contributed by atoms with Crippen LogP contribution in [-0.2, 0) is 17.7 Å². The molecule has 9 heteroatoms. The van der Waals surface area contributed by atoms with E-state index in [1.807, 2.05) is 18.2 Å². The van der Waals surface area contributed by atoms with E-state index >= 15 is 0 Å². The molecular formula is C26H27ClFN3O4. The van der Waals surface area contributed by atoms with Crippen molar-refractivity contribution in [3.8, 4) is 17.4 Å². The number of pyridine rings is 2. The molecule has 0 amide bonds. The summed E-state index contributed by atoms with van der Waals surface area (Å²) in [5, 5.41) is 4.29. The number of nitrogens with zero attached hydrogens (tertiary/aromatic N) is 2. The van der Waals surface area contributed by atoms with Crippen molar-refractivity contribution in [1.82, 2.24) is 15.3 Å². The van der Waals surface area contributed by atoms with Crippen LogP contribution in [0.3, 0.4) is 0 Å². The van der Waals surface area contributed by atoms with E-state index in [2.05, 4.69) is 15.3 Å². The summed E-state index contributed by atoms with van der Waals surface area (Å²) in [6.07, 6.45) is 6.46. The zero-order valence-corrected chi connectivity index (χ0v) is 20.3. The number of hydrogen-bond donors (Lipinski definition) is 1. The molecule has 7 nitrogen and oxygen atoms in total. The van der Waals surface area contributed by atoms with Gasteiger partial charge in [-0.15, -0.1) is 0 Å². The van der Waals surface area contributed by atoms with E-state index in [-0.39, 0.29) is 23.8 Å². The lowest BCUT2D eigenvalue weighted by atomic mass is 9.69. The molecule has 35 heavy (non-hydrogen) atoms. The van der Waals surface area contributed by atoms with Crippen LogP contribution >= 0.6 is 11.6 Å². The molecular weight excluding hydrogens is 473 g/mol. The van der Waals surface area contributed by atoms with E-state index in [0.29, 0.717) is 58.6 Å². The minimum absolute atomic E-state index is 0.0614. The number of hydrogen-bond acceptors (Lipinski definition) is 7. The maximum absolute atomic E-state index is 14.8. The molecule has 0 radical (unpaired) electrons. The summed E-state index contributed by atoms with van der Waals surface area (Å²) < 4.78 is 37.4. The first-order valence-corrected chi connectivity index (χ1v) is 12.3. The lowest BCUT2D eigenvalue weighted by Crippen LogP contribution is -2.61. The van der Waals surface area contributed by atoms with Gasteiger partial charge in [-0.05, 0) is 62.3 Å². The van der Waals surface area contributed by atoms with Crippen LogP contribution in [0.5, 0.6) is 17.4 Å². The van der Waals surface area contributed by atoms with Crippen LogP contribution in [0, 0.1) is 5.82 Å². The highest BCUT2D eigenvalue weighted by Gasteiger charge is 2.49. The zero-order chi connectivity index (χ0) is 24.0. The van der Waals surface area contributed by atoms with Crippen molar-refractivity contribution in [3.63, 3.8) is 0 Å². The van der Waals surface area contributed by atoms with Crippen LogP contribution in [0.25, 0.3) is 11.0 Å². The Labute approximate surface area is 207 Å². The first-order chi connectivity index (χ1) is 17.0. The first-order valence-electron chi connectivity index (χ1n) is 11.9. The zero-order valence-electron chi connectivity index (χ0n) is 19.5. The number of fused-ring (bicyclic) bond motifs is 5. The summed E-state index contributed by atoms with van der Waals surface area (Å²) in [4.78, 5) is 8.65. The second-order valence-electron chi connectivity index (χ2n) is 9.72. The van der Waals surface area contributed by atoms with Gasteiger partial charge in [0.2, 0.25) is 12.7 Å². The summed E-state index contributed by atoms with van der Waals surface area (Å²) in [6.45, 7) is 1.51. The molecule has 1 N–H and O–H groups in total. The lowest BCUT2D eigenvalue weighted by Gasteiger charge is -2.53. The van der Waals surface area contributed by atoms with Gasteiger partial charge in [0.1, 0.15) is 5.82 Å². The van der Waals surface area contributed by atoms with Gasteiger partial charge in [-0.3, -0.25) is 4.98 Å². The van der Waals surface area contributed by atoms with Gasteiger partial charge in [0.15, 0.2) is 11.5 Å². The van der Waals surface area contributed by atoms with Gasteiger partial charge in [-0.1, -0.05) is 11.6 Å². The van der Waals surface area contributed by atoms with Crippen molar-refractivity contribution in [1.29, 1.82) is 0 Å². The maximum Gasteiger partial charge on any atom is 0.231 e. The molecule has 0 atom stereocenters. The second-order valence-corrected chi connectivity index (χ2v) is 10.1. The molecule has 2 saturated heterocycles. The van der Waals surface area contributed by atoms with Gasteiger partial charge in [0.25, 0.3) is 0 Å². The number of aromatic nitrogens is 2. The molecule has 1 saturated carbocycles. The molecule has 7 rings (SSSR count). The third-order valence-electron chi connectivity index (χ3n) is 7.71. The molecule has 3 aliphatic heterocycles. The Hall–Kier alpha value is -2.68. The standard InChI is InChI=1S/C26H27ClFN3O4/c1-32-22-3-2-20-23(31-22)17(19(28)13-29-20)4-5-26-8-6-25(7-9-26,14-35-26)30-12-16-10-18(27)24-21(11-16)33-15-34-24/h2-3,10-11,13,30H,4-9,12,14-15H2,1H3. The fourth-order valence-corrected chi connectivity index (χ4v) is 5.80. The Balaban J connectivity index is 1.11. The van der Waals surface area contributed by atoms with Crippen LogP contribution < -0.4 is 19.5 Å². The molecule has 1 aromatic carbocycles. The van der Waals surface area contributed by atoms with E-state index in [4.69, 9.17) is 30.5 Å². The SMILES string of the molecule is COc1ccc2ncc(F)c(CCC34CCC(NCc5cc(Cl)c6c(c5)OCO6)(CC3)CO4)c2n1. The van der Waals surface area contributed by atoms with Gasteiger partial charge < -0.3 is 24.3 Å². The number of aryl methyl sites for hydroxylation is 1. The smallest absolute Gasteiger partial charge is 0.231 e. The monoisotopic (exact) mass is 499 g/mol. The van der Waals surface area contributed by atoms with Crippen LogP contribution in [0.2, 0.25) is 5.02 Å². The number of benzene rings is 1. The lowest BCUT2D eigenvalue weighted by molar-refractivity contribution is -0.165. The highest BCUT2D eigenvalue weighted by Crippen LogP contribution is 2.46. The van der Waals surface area contributed by atoms with Gasteiger partial charge in [0, 0.05) is 23.7 Å². The van der Waals surface area contributed by atoms with Crippen LogP contribution in [0.4, 0.5) is 4.39 Å². The van der Waals surface area contributed by atoms with Crippen LogP contribution in [0.15, 0.2) is 30.5 Å². The fourth-order valence-electron chi connectivity index (χ4n) is 5.51. The molecule has 3 aromatic rings. The molecule has 2 aromatic heterocycles. The van der Waals surface area contributed by atoms with Crippen molar-refractivity contribution in [2.24, 2.45) is 0 Å². The summed E-state index contributed by atoms with van der Waals surface area (Å²) in [5.41, 5.74) is 2.57. The topological polar surface area (TPSA) is 74.7 Å².